The van der Waals surface area contributed by atoms with Crippen molar-refractivity contribution in [1.29, 1.82) is 0 Å². The highest BCUT2D eigenvalue weighted by Crippen LogP contribution is 2.40. The molecule has 102 valence electrons. The van der Waals surface area contributed by atoms with Crippen LogP contribution >= 0.6 is 0 Å². The second-order valence-corrected chi connectivity index (χ2v) is 6.08. The number of nitrogens with zero attached hydrogens (tertiary/aromatic N) is 2. The number of hydrogen-bond donors (Lipinski definition) is 1. The topological polar surface area (TPSA) is 18.5 Å². The zero-order valence-electron chi connectivity index (χ0n) is 11.6. The monoisotopic (exact) mass is 257 g/mol. The van der Waals surface area contributed by atoms with E-state index in [1.807, 2.05) is 0 Å². The van der Waals surface area contributed by atoms with Gasteiger partial charge in [-0.15, -0.1) is 0 Å². The summed E-state index contributed by atoms with van der Waals surface area (Å²) in [6.45, 7) is 5.70. The van der Waals surface area contributed by atoms with Crippen LogP contribution in [0.1, 0.15) is 31.2 Å². The molecule has 0 radical (unpaired) electrons. The molecular weight excluding hydrogens is 234 g/mol. The van der Waals surface area contributed by atoms with Gasteiger partial charge < -0.3 is 15.1 Å². The molecule has 0 unspecified atom stereocenters. The van der Waals surface area contributed by atoms with Crippen LogP contribution in [0.4, 0.5) is 11.4 Å². The Morgan fingerprint density at radius 1 is 1.05 bits per heavy atom. The van der Waals surface area contributed by atoms with Gasteiger partial charge in [-0.05, 0) is 24.5 Å². The number of hydrogen-bond acceptors (Lipinski definition) is 3. The molecule has 0 bridgehead atoms. The molecule has 1 fully saturated rings. The van der Waals surface area contributed by atoms with Crippen molar-refractivity contribution in [3.05, 3.63) is 23.8 Å². The molecule has 0 aromatic heterocycles. The van der Waals surface area contributed by atoms with E-state index in [-0.39, 0.29) is 0 Å². The third-order valence-corrected chi connectivity index (χ3v) is 4.97. The fourth-order valence-corrected chi connectivity index (χ4v) is 4.03. The number of rotatable bonds is 1. The summed E-state index contributed by atoms with van der Waals surface area (Å²) < 4.78 is 0. The Hall–Kier alpha value is -1.22. The lowest BCUT2D eigenvalue weighted by atomic mass is 10.0. The van der Waals surface area contributed by atoms with Gasteiger partial charge in [0.15, 0.2) is 0 Å². The highest BCUT2D eigenvalue weighted by atomic mass is 15.3. The first-order chi connectivity index (χ1) is 9.43. The first-order valence-corrected chi connectivity index (χ1v) is 7.78. The number of anilines is 2. The Morgan fingerprint density at radius 2 is 1.95 bits per heavy atom. The smallest absolute Gasteiger partial charge is 0.0650 e. The molecule has 0 saturated heterocycles. The zero-order valence-corrected chi connectivity index (χ0v) is 11.6. The highest BCUT2D eigenvalue weighted by Gasteiger charge is 2.31. The van der Waals surface area contributed by atoms with Crippen LogP contribution < -0.4 is 15.1 Å². The summed E-state index contributed by atoms with van der Waals surface area (Å²) in [6.07, 6.45) is 5.62. The van der Waals surface area contributed by atoms with Crippen molar-refractivity contribution in [3.63, 3.8) is 0 Å². The minimum Gasteiger partial charge on any atom is -0.367 e. The maximum Gasteiger partial charge on any atom is 0.0650 e. The highest BCUT2D eigenvalue weighted by molar-refractivity contribution is 5.77. The molecule has 1 aromatic rings. The predicted molar refractivity (Wildman–Crippen MR) is 80.0 cm³/mol. The lowest BCUT2D eigenvalue weighted by molar-refractivity contribution is 0.581. The quantitative estimate of drug-likeness (QED) is 0.833. The SMILES string of the molecule is c1cc2c3c(c1)N(C1CCCC1)CCN3CCNC2. The largest absolute Gasteiger partial charge is 0.367 e. The van der Waals surface area contributed by atoms with Crippen LogP contribution in [-0.2, 0) is 6.54 Å². The Kier molecular flexibility index (Phi) is 2.87. The zero-order chi connectivity index (χ0) is 12.7. The average Bonchev–Trinajstić information content (AvgIpc) is 2.89. The van der Waals surface area contributed by atoms with E-state index in [1.54, 1.807) is 0 Å². The molecule has 19 heavy (non-hydrogen) atoms. The van der Waals surface area contributed by atoms with E-state index in [4.69, 9.17) is 0 Å². The van der Waals surface area contributed by atoms with Crippen molar-refractivity contribution in [2.75, 3.05) is 36.0 Å². The summed E-state index contributed by atoms with van der Waals surface area (Å²) in [4.78, 5) is 5.30. The van der Waals surface area contributed by atoms with Crippen LogP contribution in [0.15, 0.2) is 18.2 Å². The molecule has 1 aromatic carbocycles. The van der Waals surface area contributed by atoms with Gasteiger partial charge in [0, 0.05) is 38.8 Å². The fraction of sp³-hybridized carbons (Fsp3) is 0.625. The summed E-state index contributed by atoms with van der Waals surface area (Å²) >= 11 is 0. The fourth-order valence-electron chi connectivity index (χ4n) is 4.03. The molecule has 2 aliphatic heterocycles. The Balaban J connectivity index is 1.76. The van der Waals surface area contributed by atoms with Gasteiger partial charge in [-0.3, -0.25) is 0 Å². The summed E-state index contributed by atoms with van der Waals surface area (Å²) in [5.74, 6) is 0. The molecular formula is C16H23N3. The number of nitrogens with one attached hydrogen (secondary N) is 1. The summed E-state index contributed by atoms with van der Waals surface area (Å²) in [7, 11) is 0. The molecule has 3 aliphatic rings. The first kappa shape index (κ1) is 11.6. The predicted octanol–water partition coefficient (Wildman–Crippen LogP) is 2.36. The minimum atomic E-state index is 0.796. The summed E-state index contributed by atoms with van der Waals surface area (Å²) in [5, 5.41) is 3.55. The van der Waals surface area contributed by atoms with Crippen molar-refractivity contribution in [2.45, 2.75) is 38.3 Å². The lowest BCUT2D eigenvalue weighted by Gasteiger charge is -2.42. The van der Waals surface area contributed by atoms with Crippen molar-refractivity contribution >= 4 is 11.4 Å². The third kappa shape index (κ3) is 1.91. The van der Waals surface area contributed by atoms with Gasteiger partial charge in [-0.2, -0.15) is 0 Å². The van der Waals surface area contributed by atoms with Gasteiger partial charge in [-0.1, -0.05) is 25.0 Å². The van der Waals surface area contributed by atoms with Crippen LogP contribution in [0.3, 0.4) is 0 Å². The van der Waals surface area contributed by atoms with Crippen molar-refractivity contribution in [3.8, 4) is 0 Å². The number of benzene rings is 1. The van der Waals surface area contributed by atoms with Crippen LogP contribution in [0.2, 0.25) is 0 Å². The van der Waals surface area contributed by atoms with E-state index < -0.39 is 0 Å². The molecule has 2 heterocycles. The molecule has 4 rings (SSSR count). The summed E-state index contributed by atoms with van der Waals surface area (Å²) in [5.41, 5.74) is 4.50. The Bertz CT molecular complexity index is 465. The van der Waals surface area contributed by atoms with Gasteiger partial charge in [0.25, 0.3) is 0 Å². The van der Waals surface area contributed by atoms with Crippen LogP contribution in [0.5, 0.6) is 0 Å². The Morgan fingerprint density at radius 3 is 2.84 bits per heavy atom. The van der Waals surface area contributed by atoms with E-state index in [1.165, 1.54) is 55.7 Å². The molecule has 0 amide bonds. The number of para-hydroxylation sites is 1. The van der Waals surface area contributed by atoms with Gasteiger partial charge in [-0.25, -0.2) is 0 Å². The second-order valence-electron chi connectivity index (χ2n) is 6.08. The van der Waals surface area contributed by atoms with E-state index in [0.29, 0.717) is 0 Å². The van der Waals surface area contributed by atoms with Crippen LogP contribution in [0.25, 0.3) is 0 Å². The molecule has 1 aliphatic carbocycles. The molecule has 3 nitrogen and oxygen atoms in total. The van der Waals surface area contributed by atoms with E-state index in [2.05, 4.69) is 33.3 Å². The van der Waals surface area contributed by atoms with Gasteiger partial charge in [0.2, 0.25) is 0 Å². The standard InChI is InChI=1S/C16H23N3/c1-2-6-14(5-1)19-11-10-18-9-8-17-12-13-4-3-7-15(19)16(13)18/h3-4,7,14,17H,1-2,5-6,8-12H2. The van der Waals surface area contributed by atoms with E-state index >= 15 is 0 Å². The van der Waals surface area contributed by atoms with Crippen molar-refractivity contribution in [1.82, 2.24) is 5.32 Å². The maximum absolute atomic E-state index is 3.55. The third-order valence-electron chi connectivity index (χ3n) is 4.97. The molecule has 3 heteroatoms. The second kappa shape index (κ2) is 4.71. The molecule has 0 atom stereocenters. The maximum atomic E-state index is 3.55. The average molecular weight is 257 g/mol. The van der Waals surface area contributed by atoms with Crippen LogP contribution in [0, 0.1) is 0 Å². The van der Waals surface area contributed by atoms with Crippen molar-refractivity contribution < 1.29 is 0 Å². The first-order valence-electron chi connectivity index (χ1n) is 7.78. The lowest BCUT2D eigenvalue weighted by Crippen LogP contribution is -2.46. The van der Waals surface area contributed by atoms with Gasteiger partial charge >= 0.3 is 0 Å². The molecule has 1 saturated carbocycles. The van der Waals surface area contributed by atoms with Crippen molar-refractivity contribution in [2.24, 2.45) is 0 Å². The molecule has 0 spiro atoms. The Labute approximate surface area is 115 Å². The van der Waals surface area contributed by atoms with Gasteiger partial charge in [0.1, 0.15) is 0 Å². The summed E-state index contributed by atoms with van der Waals surface area (Å²) in [6, 6.07) is 7.67. The van der Waals surface area contributed by atoms with Gasteiger partial charge in [0.05, 0.1) is 11.4 Å². The minimum absolute atomic E-state index is 0.796. The van der Waals surface area contributed by atoms with Crippen LogP contribution in [-0.4, -0.2) is 32.2 Å². The van der Waals surface area contributed by atoms with E-state index in [0.717, 1.165) is 25.7 Å². The normalized spacial score (nSPS) is 23.4. The molecule has 1 N–H and O–H groups in total. The van der Waals surface area contributed by atoms with E-state index in [9.17, 15) is 0 Å².